The lowest BCUT2D eigenvalue weighted by atomic mass is 9.84. The zero-order valence-corrected chi connectivity index (χ0v) is 11.8. The van der Waals surface area contributed by atoms with Gasteiger partial charge in [0.1, 0.15) is 0 Å². The maximum absolute atomic E-state index is 3.70. The average Bonchev–Trinajstić information content (AvgIpc) is 2.98. The van der Waals surface area contributed by atoms with Crippen LogP contribution in [0, 0.1) is 5.41 Å². The molecule has 0 bridgehead atoms. The van der Waals surface area contributed by atoms with Gasteiger partial charge in [0.05, 0.1) is 0 Å². The molecule has 1 rings (SSSR count). The normalized spacial score (nSPS) is 19.1. The largest absolute Gasteiger partial charge is 0.313 e. The van der Waals surface area contributed by atoms with Crippen LogP contribution in [0.25, 0.3) is 0 Å². The first-order chi connectivity index (χ1) is 7.45. The number of rotatable bonds is 7. The molecular weight excluding hydrogens is 196 g/mol. The van der Waals surface area contributed by atoms with Gasteiger partial charge in [-0.25, -0.2) is 0 Å². The Bertz CT molecular complexity index is 191. The number of hydrogen-bond acceptors (Lipinski definition) is 2. The lowest BCUT2D eigenvalue weighted by molar-refractivity contribution is 0.218. The van der Waals surface area contributed by atoms with Gasteiger partial charge in [-0.1, -0.05) is 27.7 Å². The van der Waals surface area contributed by atoms with Crippen molar-refractivity contribution in [1.82, 2.24) is 10.2 Å². The molecule has 0 aliphatic heterocycles. The number of nitrogens with one attached hydrogen (secondary N) is 1. The van der Waals surface area contributed by atoms with Gasteiger partial charge in [-0.2, -0.15) is 0 Å². The molecule has 1 atom stereocenters. The predicted molar refractivity (Wildman–Crippen MR) is 71.8 cm³/mol. The van der Waals surface area contributed by atoms with Crippen molar-refractivity contribution in [3.05, 3.63) is 0 Å². The predicted octanol–water partition coefficient (Wildman–Crippen LogP) is 2.89. The van der Waals surface area contributed by atoms with Crippen LogP contribution in [0.1, 0.15) is 53.4 Å². The van der Waals surface area contributed by atoms with E-state index >= 15 is 0 Å². The quantitative estimate of drug-likeness (QED) is 0.718. The highest BCUT2D eigenvalue weighted by Crippen LogP contribution is 2.27. The summed E-state index contributed by atoms with van der Waals surface area (Å²) in [5.74, 6) is 0. The molecule has 0 aromatic heterocycles. The van der Waals surface area contributed by atoms with E-state index in [0.717, 1.165) is 12.6 Å². The van der Waals surface area contributed by atoms with Gasteiger partial charge < -0.3 is 10.2 Å². The fourth-order valence-corrected chi connectivity index (χ4v) is 2.19. The SMILES string of the molecule is CCCNC(CCN(C)C1CC1)C(C)(C)C. The Morgan fingerprint density at radius 3 is 2.38 bits per heavy atom. The van der Waals surface area contributed by atoms with Gasteiger partial charge in [0.25, 0.3) is 0 Å². The molecule has 0 aromatic rings. The summed E-state index contributed by atoms with van der Waals surface area (Å²) < 4.78 is 0. The van der Waals surface area contributed by atoms with Gasteiger partial charge >= 0.3 is 0 Å². The van der Waals surface area contributed by atoms with Crippen LogP contribution in [0.5, 0.6) is 0 Å². The summed E-state index contributed by atoms with van der Waals surface area (Å²) in [6.45, 7) is 11.7. The third-order valence-corrected chi connectivity index (χ3v) is 3.63. The fraction of sp³-hybridized carbons (Fsp3) is 1.00. The minimum atomic E-state index is 0.375. The third kappa shape index (κ3) is 4.84. The summed E-state index contributed by atoms with van der Waals surface area (Å²) in [5.41, 5.74) is 0.375. The van der Waals surface area contributed by atoms with Gasteiger partial charge in [0, 0.05) is 12.1 Å². The first-order valence-electron chi connectivity index (χ1n) is 6.88. The Morgan fingerprint density at radius 2 is 1.94 bits per heavy atom. The Labute approximate surface area is 102 Å². The molecule has 1 unspecified atom stereocenters. The van der Waals surface area contributed by atoms with Crippen molar-refractivity contribution < 1.29 is 0 Å². The highest BCUT2D eigenvalue weighted by atomic mass is 15.2. The van der Waals surface area contributed by atoms with Crippen LogP contribution >= 0.6 is 0 Å². The summed E-state index contributed by atoms with van der Waals surface area (Å²) in [7, 11) is 2.28. The van der Waals surface area contributed by atoms with Crippen LogP contribution < -0.4 is 5.32 Å². The van der Waals surface area contributed by atoms with E-state index in [-0.39, 0.29) is 0 Å². The smallest absolute Gasteiger partial charge is 0.0128 e. The molecule has 1 N–H and O–H groups in total. The molecule has 1 fully saturated rings. The van der Waals surface area contributed by atoms with Crippen LogP contribution in [0.2, 0.25) is 0 Å². The van der Waals surface area contributed by atoms with E-state index in [9.17, 15) is 0 Å². The zero-order chi connectivity index (χ0) is 12.2. The maximum atomic E-state index is 3.70. The Morgan fingerprint density at radius 1 is 1.31 bits per heavy atom. The van der Waals surface area contributed by atoms with Crippen LogP contribution in [0.3, 0.4) is 0 Å². The summed E-state index contributed by atoms with van der Waals surface area (Å²) >= 11 is 0. The number of nitrogens with zero attached hydrogens (tertiary/aromatic N) is 1. The van der Waals surface area contributed by atoms with Crippen molar-refractivity contribution >= 4 is 0 Å². The standard InChI is InChI=1S/C14H30N2/c1-6-10-15-13(14(2,3)4)9-11-16(5)12-7-8-12/h12-13,15H,6-11H2,1-5H3. The summed E-state index contributed by atoms with van der Waals surface area (Å²) in [6, 6.07) is 1.54. The minimum absolute atomic E-state index is 0.375. The van der Waals surface area contributed by atoms with Crippen molar-refractivity contribution in [3.63, 3.8) is 0 Å². The van der Waals surface area contributed by atoms with E-state index in [4.69, 9.17) is 0 Å². The Kier molecular flexibility index (Phi) is 5.26. The molecule has 0 heterocycles. The molecule has 1 saturated carbocycles. The Balaban J connectivity index is 2.30. The van der Waals surface area contributed by atoms with Crippen LogP contribution in [-0.2, 0) is 0 Å². The lowest BCUT2D eigenvalue weighted by Crippen LogP contribution is -2.43. The van der Waals surface area contributed by atoms with Crippen molar-refractivity contribution in [2.75, 3.05) is 20.1 Å². The fourth-order valence-electron chi connectivity index (χ4n) is 2.19. The molecule has 2 nitrogen and oxygen atoms in total. The average molecular weight is 226 g/mol. The molecule has 0 radical (unpaired) electrons. The molecule has 2 heteroatoms. The second-order valence-electron chi connectivity index (χ2n) is 6.37. The van der Waals surface area contributed by atoms with Crippen molar-refractivity contribution in [1.29, 1.82) is 0 Å². The Hall–Kier alpha value is -0.0800. The van der Waals surface area contributed by atoms with Gasteiger partial charge in [0.2, 0.25) is 0 Å². The topological polar surface area (TPSA) is 15.3 Å². The first kappa shape index (κ1) is 14.0. The molecule has 96 valence electrons. The highest BCUT2D eigenvalue weighted by Gasteiger charge is 2.28. The monoisotopic (exact) mass is 226 g/mol. The molecule has 0 saturated heterocycles. The number of hydrogen-bond donors (Lipinski definition) is 1. The van der Waals surface area contributed by atoms with Gasteiger partial charge in [-0.05, 0) is 51.2 Å². The molecule has 1 aliphatic rings. The second-order valence-corrected chi connectivity index (χ2v) is 6.37. The second kappa shape index (κ2) is 6.02. The van der Waals surface area contributed by atoms with E-state index < -0.39 is 0 Å². The van der Waals surface area contributed by atoms with E-state index in [2.05, 4.69) is 45.0 Å². The van der Waals surface area contributed by atoms with E-state index in [1.807, 2.05) is 0 Å². The molecule has 0 aromatic carbocycles. The zero-order valence-electron chi connectivity index (χ0n) is 11.8. The highest BCUT2D eigenvalue weighted by molar-refractivity contribution is 4.85. The van der Waals surface area contributed by atoms with Gasteiger partial charge in [-0.3, -0.25) is 0 Å². The molecular formula is C14H30N2. The van der Waals surface area contributed by atoms with E-state index in [1.165, 1.54) is 32.2 Å². The summed E-state index contributed by atoms with van der Waals surface area (Å²) in [6.07, 6.45) is 5.33. The molecule has 0 spiro atoms. The van der Waals surface area contributed by atoms with Gasteiger partial charge in [0.15, 0.2) is 0 Å². The van der Waals surface area contributed by atoms with Gasteiger partial charge in [-0.15, -0.1) is 0 Å². The van der Waals surface area contributed by atoms with Crippen molar-refractivity contribution in [2.45, 2.75) is 65.5 Å². The first-order valence-corrected chi connectivity index (χ1v) is 6.88. The van der Waals surface area contributed by atoms with Crippen LogP contribution in [0.15, 0.2) is 0 Å². The van der Waals surface area contributed by atoms with Crippen LogP contribution in [-0.4, -0.2) is 37.1 Å². The van der Waals surface area contributed by atoms with Crippen LogP contribution in [0.4, 0.5) is 0 Å². The molecule has 16 heavy (non-hydrogen) atoms. The molecule has 0 amide bonds. The maximum Gasteiger partial charge on any atom is 0.0128 e. The van der Waals surface area contributed by atoms with Crippen molar-refractivity contribution in [3.8, 4) is 0 Å². The third-order valence-electron chi connectivity index (χ3n) is 3.63. The summed E-state index contributed by atoms with van der Waals surface area (Å²) in [4.78, 5) is 2.53. The lowest BCUT2D eigenvalue weighted by Gasteiger charge is -2.33. The van der Waals surface area contributed by atoms with E-state index in [1.54, 1.807) is 0 Å². The molecule has 1 aliphatic carbocycles. The van der Waals surface area contributed by atoms with E-state index in [0.29, 0.717) is 11.5 Å². The minimum Gasteiger partial charge on any atom is -0.313 e. The van der Waals surface area contributed by atoms with Crippen molar-refractivity contribution in [2.24, 2.45) is 5.41 Å². The summed E-state index contributed by atoms with van der Waals surface area (Å²) in [5, 5.41) is 3.70.